The number of aliphatic hydroxyl groups excluding tert-OH is 1. The third-order valence-electron chi connectivity index (χ3n) is 0. The van der Waals surface area contributed by atoms with Gasteiger partial charge < -0.3 is 10.2 Å². The molecule has 0 spiro atoms. The van der Waals surface area contributed by atoms with Crippen LogP contribution < -0.4 is 0 Å². The minimum Gasteiger partial charge on any atom is -0.362 e. The molecule has 25 valence electrons. The van der Waals surface area contributed by atoms with Crippen molar-refractivity contribution in [2.45, 2.75) is 6.92 Å². The molecule has 0 aromatic carbocycles. The number of aliphatic hydroxyl groups is 2. The van der Waals surface area contributed by atoms with Crippen LogP contribution in [0, 0.1) is 6.29 Å². The zero-order valence-electron chi connectivity index (χ0n) is 2.39. The summed E-state index contributed by atoms with van der Waals surface area (Å²) in [4.78, 5) is 0. The van der Waals surface area contributed by atoms with E-state index in [1.165, 1.54) is 6.92 Å². The Morgan fingerprint density at radius 2 is 1.50 bits per heavy atom. The number of rotatable bonds is 0. The first-order chi connectivity index (χ1) is 1.73. The molecule has 1 radical (unpaired) electrons. The van der Waals surface area contributed by atoms with Crippen molar-refractivity contribution in [2.24, 2.45) is 0 Å². The molecule has 2 heteroatoms. The lowest BCUT2D eigenvalue weighted by atomic mass is 10.8. The van der Waals surface area contributed by atoms with Gasteiger partial charge in [0.1, 0.15) is 0 Å². The van der Waals surface area contributed by atoms with Crippen LogP contribution in [0.25, 0.3) is 0 Å². The zero-order chi connectivity index (χ0) is 3.58. The lowest BCUT2D eigenvalue weighted by Crippen LogP contribution is -1.78. The molecular weight excluding hydrogens is 56.0 g/mol. The molecule has 0 saturated carbocycles. The molecule has 0 aliphatic heterocycles. The molecular formula is C2H5O2. The van der Waals surface area contributed by atoms with E-state index >= 15 is 0 Å². The third-order valence-corrected chi connectivity index (χ3v) is 0. The molecule has 0 unspecified atom stereocenters. The second-order valence-electron chi connectivity index (χ2n) is 0.547. The normalized spacial score (nSPS) is 9.00. The predicted octanol–water partition coefficient (Wildman–Crippen LogP) is 0.241. The average molecular weight is 61.1 g/mol. The van der Waals surface area contributed by atoms with E-state index < -0.39 is 6.29 Å². The predicted molar refractivity (Wildman–Crippen MR) is 12.8 cm³/mol. The molecule has 0 amide bonds. The minimum atomic E-state index is -0.583. The van der Waals surface area contributed by atoms with E-state index in [2.05, 4.69) is 0 Å². The minimum absolute atomic E-state index is 0.583. The van der Waals surface area contributed by atoms with Gasteiger partial charge in [0.15, 0.2) is 0 Å². The highest BCUT2D eigenvalue weighted by Gasteiger charge is 1.74. The van der Waals surface area contributed by atoms with Crippen molar-refractivity contribution >= 4 is 0 Å². The summed E-state index contributed by atoms with van der Waals surface area (Å²) < 4.78 is 0. The summed E-state index contributed by atoms with van der Waals surface area (Å²) in [7, 11) is 0. The van der Waals surface area contributed by atoms with Gasteiger partial charge in [-0.2, -0.15) is 0 Å². The summed E-state index contributed by atoms with van der Waals surface area (Å²) in [6.07, 6.45) is -0.583. The van der Waals surface area contributed by atoms with E-state index in [1.807, 2.05) is 0 Å². The topological polar surface area (TPSA) is 40.5 Å². The van der Waals surface area contributed by atoms with Gasteiger partial charge in [-0.05, 0) is 6.92 Å². The maximum Gasteiger partial charge on any atom is 0.215 e. The molecule has 0 aliphatic rings. The maximum absolute atomic E-state index is 7.53. The fourth-order valence-electron chi connectivity index (χ4n) is 0. The molecule has 4 heavy (non-hydrogen) atoms. The maximum atomic E-state index is 7.53. The Kier molecular flexibility index (Phi) is 1.24. The van der Waals surface area contributed by atoms with E-state index in [0.717, 1.165) is 0 Å². The number of hydrogen-bond acceptors (Lipinski definition) is 2. The van der Waals surface area contributed by atoms with Gasteiger partial charge in [-0.15, -0.1) is 0 Å². The Hall–Kier alpha value is -0.0800. The van der Waals surface area contributed by atoms with Crippen LogP contribution in [0.3, 0.4) is 0 Å². The first kappa shape index (κ1) is 3.92. The summed E-state index contributed by atoms with van der Waals surface area (Å²) in [5.74, 6) is 0. The number of hydrogen-bond donors (Lipinski definition) is 2. The molecule has 0 fully saturated rings. The van der Waals surface area contributed by atoms with Crippen molar-refractivity contribution < 1.29 is 10.2 Å². The highest BCUT2D eigenvalue weighted by Crippen LogP contribution is 1.72. The van der Waals surface area contributed by atoms with Crippen LogP contribution in [-0.4, -0.2) is 10.2 Å². The Morgan fingerprint density at radius 3 is 1.50 bits per heavy atom. The average Bonchev–Trinajstić information content (AvgIpc) is 0.811. The monoisotopic (exact) mass is 61.0 g/mol. The van der Waals surface area contributed by atoms with Crippen molar-refractivity contribution in [2.75, 3.05) is 0 Å². The van der Waals surface area contributed by atoms with Gasteiger partial charge in [-0.1, -0.05) is 0 Å². The van der Waals surface area contributed by atoms with Crippen LogP contribution in [0.2, 0.25) is 0 Å². The molecule has 0 saturated heterocycles. The van der Waals surface area contributed by atoms with Crippen molar-refractivity contribution in [3.63, 3.8) is 0 Å². The SMILES string of the molecule is C[C](O)O. The summed E-state index contributed by atoms with van der Waals surface area (Å²) in [6.45, 7) is 1.19. The van der Waals surface area contributed by atoms with E-state index in [0.29, 0.717) is 0 Å². The Morgan fingerprint density at radius 1 is 1.50 bits per heavy atom. The van der Waals surface area contributed by atoms with Crippen LogP contribution in [0.15, 0.2) is 0 Å². The van der Waals surface area contributed by atoms with Gasteiger partial charge in [-0.3, -0.25) is 0 Å². The van der Waals surface area contributed by atoms with Crippen LogP contribution in [0.5, 0.6) is 0 Å². The van der Waals surface area contributed by atoms with Gasteiger partial charge in [0.25, 0.3) is 0 Å². The highest BCUT2D eigenvalue weighted by molar-refractivity contribution is 4.35. The molecule has 2 N–H and O–H groups in total. The molecule has 0 aliphatic carbocycles. The molecule has 0 aromatic rings. The van der Waals surface area contributed by atoms with Gasteiger partial charge in [0, 0.05) is 0 Å². The van der Waals surface area contributed by atoms with Gasteiger partial charge in [0.2, 0.25) is 6.29 Å². The first-order valence-corrected chi connectivity index (χ1v) is 0.947. The molecule has 0 rings (SSSR count). The van der Waals surface area contributed by atoms with E-state index in [9.17, 15) is 0 Å². The summed E-state index contributed by atoms with van der Waals surface area (Å²) in [5, 5.41) is 15.1. The Labute approximate surface area is 24.7 Å². The van der Waals surface area contributed by atoms with Crippen LogP contribution in [0.1, 0.15) is 6.92 Å². The van der Waals surface area contributed by atoms with Crippen LogP contribution in [-0.2, 0) is 0 Å². The summed E-state index contributed by atoms with van der Waals surface area (Å²) in [5.41, 5.74) is 0. The molecule has 0 heterocycles. The smallest absolute Gasteiger partial charge is 0.215 e. The largest absolute Gasteiger partial charge is 0.362 e. The van der Waals surface area contributed by atoms with Gasteiger partial charge in [-0.25, -0.2) is 0 Å². The van der Waals surface area contributed by atoms with E-state index in [-0.39, 0.29) is 0 Å². The highest BCUT2D eigenvalue weighted by atomic mass is 16.5. The summed E-state index contributed by atoms with van der Waals surface area (Å²) in [6, 6.07) is 0. The fraction of sp³-hybridized carbons (Fsp3) is 0.500. The van der Waals surface area contributed by atoms with Crippen LogP contribution in [0.4, 0.5) is 0 Å². The molecule has 0 bridgehead atoms. The van der Waals surface area contributed by atoms with Gasteiger partial charge in [0.05, 0.1) is 0 Å². The molecule has 0 atom stereocenters. The molecule has 2 nitrogen and oxygen atoms in total. The van der Waals surface area contributed by atoms with Gasteiger partial charge >= 0.3 is 0 Å². The van der Waals surface area contributed by atoms with E-state index in [1.54, 1.807) is 0 Å². The lowest BCUT2D eigenvalue weighted by Gasteiger charge is -1.77. The second-order valence-corrected chi connectivity index (χ2v) is 0.547. The zero-order valence-corrected chi connectivity index (χ0v) is 2.39. The fourth-order valence-corrected chi connectivity index (χ4v) is 0. The lowest BCUT2D eigenvalue weighted by molar-refractivity contribution is 0.0939. The standard InChI is InChI=1S/C2H5O2/c1-2(3)4/h3-4H,1H3. The van der Waals surface area contributed by atoms with Crippen molar-refractivity contribution in [1.82, 2.24) is 0 Å². The quantitative estimate of drug-likeness (QED) is 0.421. The van der Waals surface area contributed by atoms with Crippen molar-refractivity contribution in [1.29, 1.82) is 0 Å². The molecule has 0 aromatic heterocycles. The van der Waals surface area contributed by atoms with Crippen molar-refractivity contribution in [3.8, 4) is 0 Å². The summed E-state index contributed by atoms with van der Waals surface area (Å²) >= 11 is 0. The Bertz CT molecular complexity index is 8.75. The Balaban J connectivity index is 2.32. The van der Waals surface area contributed by atoms with Crippen LogP contribution >= 0.6 is 0 Å². The van der Waals surface area contributed by atoms with E-state index in [4.69, 9.17) is 10.2 Å². The third kappa shape index (κ3) is 254. The van der Waals surface area contributed by atoms with Crippen molar-refractivity contribution in [3.05, 3.63) is 6.29 Å². The second kappa shape index (κ2) is 1.26. The first-order valence-electron chi connectivity index (χ1n) is 0.947.